The number of aliphatic hydroxyl groups excluding tert-OH is 3. The number of aliphatic hydroxyl groups is 3. The van der Waals surface area contributed by atoms with Gasteiger partial charge in [-0.2, -0.15) is 0 Å². The van der Waals surface area contributed by atoms with Crippen LogP contribution in [0.4, 0.5) is 0 Å². The molecule has 0 aliphatic carbocycles. The lowest BCUT2D eigenvalue weighted by molar-refractivity contribution is -0.137. The third-order valence-electron chi connectivity index (χ3n) is 14.0. The van der Waals surface area contributed by atoms with Crippen molar-refractivity contribution in [2.75, 3.05) is 39.3 Å². The summed E-state index contributed by atoms with van der Waals surface area (Å²) in [7, 11) is 0. The van der Waals surface area contributed by atoms with E-state index in [4.69, 9.17) is 28.7 Å². The fraction of sp³-hybridized carbons (Fsp3) is 0.685. The summed E-state index contributed by atoms with van der Waals surface area (Å²) in [6, 6.07) is -7.36. The summed E-state index contributed by atoms with van der Waals surface area (Å²) in [5.41, 5.74) is 29.7. The highest BCUT2D eigenvalue weighted by Gasteiger charge is 2.38. The number of hydrogen-bond donors (Lipinski definition) is 19. The second kappa shape index (κ2) is 38.8. The van der Waals surface area contributed by atoms with E-state index < -0.39 is 157 Å². The van der Waals surface area contributed by atoms with Crippen LogP contribution in [0, 0.1) is 5.92 Å². The van der Waals surface area contributed by atoms with E-state index in [2.05, 4.69) is 72.3 Å². The van der Waals surface area contributed by atoms with E-state index in [1.54, 1.807) is 30.3 Å². The van der Waals surface area contributed by atoms with Gasteiger partial charge >= 0.3 is 0 Å². The minimum atomic E-state index is -1.77. The first-order valence-corrected chi connectivity index (χ1v) is 28.7. The SMILES string of the molecule is CC[C@H](C)CCCCC(=O)N[C@@H](CCN)C(=O)N[C@H](C(=O)N[C@H](CCN)C(=O)N[C@H]1CCNC(=O)[C@H]([C@@H](C)O)NC(=O)[C@H](CCN)NC(=O)[C@H](CCN)NC(=O)[C@H]([C@@H](C)O)NC(=O)C(Cc2ccccc2)NC(=O)[C@H](CCN)NC1=O)[C@@H](C)O. The van der Waals surface area contributed by atoms with Crippen LogP contribution in [-0.2, 0) is 59.2 Å². The molecule has 30 heteroatoms. The highest BCUT2D eigenvalue weighted by molar-refractivity contribution is 5.99. The molecule has 474 valence electrons. The lowest BCUT2D eigenvalue weighted by Gasteiger charge is -2.29. The average molecular weight is 1190 g/mol. The Hall–Kier alpha value is -6.93. The molecular formula is C54H94N16O14. The maximum Gasteiger partial charge on any atom is 0.245 e. The molecule has 24 N–H and O–H groups in total. The maximum atomic E-state index is 14.5. The van der Waals surface area contributed by atoms with Crippen LogP contribution < -0.4 is 87.2 Å². The minimum Gasteiger partial charge on any atom is -0.391 e. The third kappa shape index (κ3) is 25.5. The van der Waals surface area contributed by atoms with Gasteiger partial charge in [-0.3, -0.25) is 52.7 Å². The van der Waals surface area contributed by atoms with Crippen LogP contribution >= 0.6 is 0 Å². The first-order valence-electron chi connectivity index (χ1n) is 28.7. The molecule has 1 saturated heterocycles. The summed E-state index contributed by atoms with van der Waals surface area (Å²) in [6.45, 7) is 6.39. The molecule has 1 aromatic rings. The van der Waals surface area contributed by atoms with Gasteiger partial charge in [-0.25, -0.2) is 0 Å². The largest absolute Gasteiger partial charge is 0.391 e. The highest BCUT2D eigenvalue weighted by Crippen LogP contribution is 2.13. The second-order valence-electron chi connectivity index (χ2n) is 21.1. The Morgan fingerprint density at radius 1 is 0.548 bits per heavy atom. The van der Waals surface area contributed by atoms with Crippen molar-refractivity contribution in [3.63, 3.8) is 0 Å². The molecule has 0 spiro atoms. The molecule has 0 bridgehead atoms. The number of benzene rings is 1. The molecular weight excluding hydrogens is 1100 g/mol. The van der Waals surface area contributed by atoms with E-state index in [9.17, 15) is 68.1 Å². The van der Waals surface area contributed by atoms with Crippen molar-refractivity contribution >= 4 is 65.0 Å². The molecule has 1 aromatic carbocycles. The quantitative estimate of drug-likeness (QED) is 0.0347. The zero-order chi connectivity index (χ0) is 63.1. The fourth-order valence-electron chi connectivity index (χ4n) is 8.79. The normalized spacial score (nSPS) is 23.3. The van der Waals surface area contributed by atoms with Gasteiger partial charge in [-0.15, -0.1) is 0 Å². The van der Waals surface area contributed by atoms with Crippen LogP contribution in [0.1, 0.15) is 111 Å². The lowest BCUT2D eigenvalue weighted by atomic mass is 10.0. The Labute approximate surface area is 490 Å². The highest BCUT2D eigenvalue weighted by atomic mass is 16.3. The van der Waals surface area contributed by atoms with Gasteiger partial charge in [-0.1, -0.05) is 63.4 Å². The van der Waals surface area contributed by atoms with E-state index in [0.717, 1.165) is 19.3 Å². The molecule has 0 aromatic heterocycles. The molecule has 30 nitrogen and oxygen atoms in total. The Morgan fingerprint density at radius 3 is 1.52 bits per heavy atom. The number of nitrogens with one attached hydrogen (secondary N) is 11. The van der Waals surface area contributed by atoms with Crippen molar-refractivity contribution < 1.29 is 68.1 Å². The van der Waals surface area contributed by atoms with Crippen molar-refractivity contribution in [1.82, 2.24) is 58.5 Å². The Morgan fingerprint density at radius 2 is 1.02 bits per heavy atom. The van der Waals surface area contributed by atoms with E-state index in [0.29, 0.717) is 17.9 Å². The van der Waals surface area contributed by atoms with Crippen LogP contribution in [0.15, 0.2) is 30.3 Å². The number of carbonyl (C=O) groups excluding carboxylic acids is 11. The molecule has 1 unspecified atom stereocenters. The van der Waals surface area contributed by atoms with Gasteiger partial charge in [0.15, 0.2) is 0 Å². The smallest absolute Gasteiger partial charge is 0.245 e. The van der Waals surface area contributed by atoms with Gasteiger partial charge in [0.2, 0.25) is 65.0 Å². The molecule has 0 saturated carbocycles. The monoisotopic (exact) mass is 1190 g/mol. The number of unbranched alkanes of at least 4 members (excludes halogenated alkanes) is 1. The zero-order valence-electron chi connectivity index (χ0n) is 48.9. The van der Waals surface area contributed by atoms with E-state index in [1.807, 2.05) is 0 Å². The molecule has 1 fully saturated rings. The van der Waals surface area contributed by atoms with Crippen LogP contribution in [0.2, 0.25) is 0 Å². The zero-order valence-corrected chi connectivity index (χ0v) is 48.9. The molecule has 14 atom stereocenters. The van der Waals surface area contributed by atoms with Gasteiger partial charge < -0.3 is 102 Å². The standard InChI is InChI=1S/C54H94N16O14/c1-6-29(2)12-10-11-15-41(74)61-34(16-22-55)49(79)69-43(31(4)72)53(83)66-37(19-25-58)46(76)64-39-21-27-60-52(82)42(30(3)71)68-50(80)38(20-26-59)63-45(75)36(18-24-57)65-54(84)44(32(5)73)70-51(81)40(28-33-13-8-7-9-14-33)67-47(77)35(17-23-56)62-48(39)78/h7-9,13-14,29-32,34-40,42-44,71-73H,6,10-12,15-28,55-59H2,1-5H3,(H,60,82)(H,61,74)(H,62,78)(H,63,75)(H,64,76)(H,65,84)(H,66,83)(H,67,77)(H,68,80)(H,69,79)(H,70,81)/t29-,30+,31+,32+,34-,35-,36-,37+,38-,39-,40?,42-,43-,44-/m0/s1. The molecule has 11 amide bonds. The topological polar surface area (TPSA) is 511 Å². The van der Waals surface area contributed by atoms with E-state index >= 15 is 0 Å². The summed E-state index contributed by atoms with van der Waals surface area (Å²) in [5, 5.41) is 59.6. The van der Waals surface area contributed by atoms with Crippen molar-refractivity contribution in [2.45, 2.75) is 190 Å². The number of rotatable bonds is 28. The van der Waals surface area contributed by atoms with E-state index in [1.165, 1.54) is 20.8 Å². The van der Waals surface area contributed by atoms with Gasteiger partial charge in [0.1, 0.15) is 60.4 Å². The number of nitrogens with two attached hydrogens (primary N) is 5. The molecule has 84 heavy (non-hydrogen) atoms. The number of amides is 11. The summed E-state index contributed by atoms with van der Waals surface area (Å²) >= 11 is 0. The lowest BCUT2D eigenvalue weighted by Crippen LogP contribution is -2.62. The van der Waals surface area contributed by atoms with Gasteiger partial charge in [0.05, 0.1) is 18.3 Å². The fourth-order valence-corrected chi connectivity index (χ4v) is 8.79. The minimum absolute atomic E-state index is 0.0257. The van der Waals surface area contributed by atoms with Crippen molar-refractivity contribution in [1.29, 1.82) is 0 Å². The summed E-state index contributed by atoms with van der Waals surface area (Å²) in [6.07, 6.45) is -3.08. The molecule has 1 aliphatic rings. The Kier molecular flexibility index (Phi) is 33.8. The third-order valence-corrected chi connectivity index (χ3v) is 14.0. The number of hydrogen-bond acceptors (Lipinski definition) is 19. The Bertz CT molecular complexity index is 2300. The van der Waals surface area contributed by atoms with Gasteiger partial charge in [-0.05, 0) is 110 Å². The average Bonchev–Trinajstić information content (AvgIpc) is 3.67. The van der Waals surface area contributed by atoms with Crippen LogP contribution in [0.5, 0.6) is 0 Å². The van der Waals surface area contributed by atoms with Crippen molar-refractivity contribution in [3.05, 3.63) is 35.9 Å². The predicted octanol–water partition coefficient (Wildman–Crippen LogP) is -6.91. The molecule has 2 rings (SSSR count). The molecule has 0 radical (unpaired) electrons. The van der Waals surface area contributed by atoms with E-state index in [-0.39, 0.29) is 77.7 Å². The second-order valence-corrected chi connectivity index (χ2v) is 21.1. The van der Waals surface area contributed by atoms with Crippen LogP contribution in [0.3, 0.4) is 0 Å². The maximum absolute atomic E-state index is 14.5. The Balaban J connectivity index is 2.66. The summed E-state index contributed by atoms with van der Waals surface area (Å²) < 4.78 is 0. The van der Waals surface area contributed by atoms with Crippen molar-refractivity contribution in [3.8, 4) is 0 Å². The summed E-state index contributed by atoms with van der Waals surface area (Å²) in [5.74, 6) is -9.99. The van der Waals surface area contributed by atoms with Gasteiger partial charge in [0, 0.05) is 19.4 Å². The van der Waals surface area contributed by atoms with Gasteiger partial charge in [0.25, 0.3) is 0 Å². The summed E-state index contributed by atoms with van der Waals surface area (Å²) in [4.78, 5) is 153. The molecule has 1 heterocycles. The van der Waals surface area contributed by atoms with Crippen LogP contribution in [-0.4, -0.2) is 198 Å². The van der Waals surface area contributed by atoms with Crippen molar-refractivity contribution in [2.24, 2.45) is 34.6 Å². The number of carbonyl (C=O) groups is 11. The first kappa shape index (κ1) is 73.2. The predicted molar refractivity (Wildman–Crippen MR) is 308 cm³/mol. The molecule has 1 aliphatic heterocycles. The first-order chi connectivity index (χ1) is 39.8. The van der Waals surface area contributed by atoms with Crippen LogP contribution in [0.25, 0.3) is 0 Å².